The average Bonchev–Trinajstić information content (AvgIpc) is 3.37. The van der Waals surface area contributed by atoms with Gasteiger partial charge in [-0.05, 0) is 19.2 Å². The standard InChI is InChI=1S/C20H21ClN4O4S2/c1-23-5-4-15-17(12-23)30-19(22-15)20(26)24-6-8-25(9-7-24)31(27,28)18-10-13-2-3-14(21)11-16(13)29-18/h2-3,10-11H,4-9,12H2,1H3. The Kier molecular flexibility index (Phi) is 5.30. The number of hydrogen-bond donors (Lipinski definition) is 0. The predicted octanol–water partition coefficient (Wildman–Crippen LogP) is 2.68. The van der Waals surface area contributed by atoms with E-state index < -0.39 is 10.0 Å². The Morgan fingerprint density at radius 2 is 1.94 bits per heavy atom. The Balaban J connectivity index is 1.28. The van der Waals surface area contributed by atoms with Crippen molar-refractivity contribution in [2.75, 3.05) is 39.8 Å². The van der Waals surface area contributed by atoms with E-state index in [9.17, 15) is 13.2 Å². The van der Waals surface area contributed by atoms with Gasteiger partial charge in [-0.2, -0.15) is 4.31 Å². The zero-order valence-electron chi connectivity index (χ0n) is 16.9. The van der Waals surface area contributed by atoms with Crippen LogP contribution in [0.1, 0.15) is 20.4 Å². The summed E-state index contributed by atoms with van der Waals surface area (Å²) < 4.78 is 33.0. The summed E-state index contributed by atoms with van der Waals surface area (Å²) in [5.74, 6) is -0.127. The number of carbonyl (C=O) groups excluding carboxylic acids is 1. The molecular formula is C20H21ClN4O4S2. The molecule has 1 aromatic carbocycles. The number of aromatic nitrogens is 1. The molecule has 0 unspecified atom stereocenters. The summed E-state index contributed by atoms with van der Waals surface area (Å²) in [4.78, 5) is 22.5. The fourth-order valence-corrected chi connectivity index (χ4v) is 6.60. The first-order valence-corrected chi connectivity index (χ1v) is 12.6. The van der Waals surface area contributed by atoms with Gasteiger partial charge in [0.2, 0.25) is 5.09 Å². The molecule has 0 radical (unpaired) electrons. The van der Waals surface area contributed by atoms with Crippen molar-refractivity contribution >= 4 is 49.8 Å². The molecule has 0 N–H and O–H groups in total. The van der Waals surface area contributed by atoms with Crippen LogP contribution in [-0.4, -0.2) is 73.2 Å². The monoisotopic (exact) mass is 480 g/mol. The van der Waals surface area contributed by atoms with Gasteiger partial charge in [0.25, 0.3) is 15.9 Å². The lowest BCUT2D eigenvalue weighted by Gasteiger charge is -2.32. The number of piperazine rings is 1. The molecule has 0 atom stereocenters. The highest BCUT2D eigenvalue weighted by Crippen LogP contribution is 2.29. The third-order valence-electron chi connectivity index (χ3n) is 5.68. The first kappa shape index (κ1) is 20.9. The average molecular weight is 481 g/mol. The molecule has 8 nitrogen and oxygen atoms in total. The molecule has 31 heavy (non-hydrogen) atoms. The van der Waals surface area contributed by atoms with Crippen LogP contribution in [0.2, 0.25) is 5.02 Å². The summed E-state index contributed by atoms with van der Waals surface area (Å²) in [7, 11) is -1.74. The molecule has 1 fully saturated rings. The number of nitrogens with zero attached hydrogens (tertiary/aromatic N) is 4. The summed E-state index contributed by atoms with van der Waals surface area (Å²) in [5.41, 5.74) is 1.44. The molecule has 0 spiro atoms. The number of rotatable bonds is 3. The van der Waals surface area contributed by atoms with Crippen molar-refractivity contribution in [2.24, 2.45) is 0 Å². The second-order valence-electron chi connectivity index (χ2n) is 7.82. The zero-order chi connectivity index (χ0) is 21.8. The van der Waals surface area contributed by atoms with Crippen molar-refractivity contribution < 1.29 is 17.6 Å². The van der Waals surface area contributed by atoms with E-state index in [1.807, 2.05) is 0 Å². The lowest BCUT2D eigenvalue weighted by Crippen LogP contribution is -2.50. The molecule has 1 saturated heterocycles. The van der Waals surface area contributed by atoms with Gasteiger partial charge in [-0.15, -0.1) is 11.3 Å². The first-order chi connectivity index (χ1) is 14.8. The Morgan fingerprint density at radius 3 is 2.71 bits per heavy atom. The van der Waals surface area contributed by atoms with Gasteiger partial charge in [0, 0.05) is 73.1 Å². The van der Waals surface area contributed by atoms with E-state index >= 15 is 0 Å². The van der Waals surface area contributed by atoms with Crippen LogP contribution in [0, 0.1) is 0 Å². The number of benzene rings is 1. The van der Waals surface area contributed by atoms with Gasteiger partial charge in [0.05, 0.1) is 5.69 Å². The fraction of sp³-hybridized carbons (Fsp3) is 0.400. The van der Waals surface area contributed by atoms with Crippen LogP contribution in [0.5, 0.6) is 0 Å². The van der Waals surface area contributed by atoms with Crippen molar-refractivity contribution in [2.45, 2.75) is 18.1 Å². The largest absolute Gasteiger partial charge is 0.443 e. The van der Waals surface area contributed by atoms with Crippen molar-refractivity contribution in [1.29, 1.82) is 0 Å². The Morgan fingerprint density at radius 1 is 1.16 bits per heavy atom. The molecule has 5 rings (SSSR count). The van der Waals surface area contributed by atoms with Crippen LogP contribution in [0.4, 0.5) is 0 Å². The molecule has 0 bridgehead atoms. The second kappa shape index (κ2) is 7.86. The summed E-state index contributed by atoms with van der Waals surface area (Å²) >= 11 is 7.41. The molecule has 2 aromatic heterocycles. The minimum Gasteiger partial charge on any atom is -0.443 e. The first-order valence-electron chi connectivity index (χ1n) is 9.97. The maximum atomic E-state index is 13.0. The van der Waals surface area contributed by atoms with Crippen LogP contribution in [0.3, 0.4) is 0 Å². The van der Waals surface area contributed by atoms with Crippen molar-refractivity contribution in [3.05, 3.63) is 44.9 Å². The van der Waals surface area contributed by atoms with E-state index in [1.165, 1.54) is 21.7 Å². The lowest BCUT2D eigenvalue weighted by atomic mass is 10.2. The zero-order valence-corrected chi connectivity index (χ0v) is 19.3. The van der Waals surface area contributed by atoms with E-state index in [0.717, 1.165) is 30.1 Å². The Labute approximate surface area is 189 Å². The number of sulfonamides is 1. The molecule has 164 valence electrons. The van der Waals surface area contributed by atoms with Crippen molar-refractivity contribution in [1.82, 2.24) is 19.1 Å². The number of furan rings is 1. The van der Waals surface area contributed by atoms with E-state index in [4.69, 9.17) is 16.0 Å². The topological polar surface area (TPSA) is 87.0 Å². The van der Waals surface area contributed by atoms with Gasteiger partial charge < -0.3 is 14.2 Å². The lowest BCUT2D eigenvalue weighted by molar-refractivity contribution is 0.0696. The molecule has 2 aliphatic rings. The molecule has 3 aromatic rings. The Bertz CT molecular complexity index is 1260. The predicted molar refractivity (Wildman–Crippen MR) is 118 cm³/mol. The molecule has 0 saturated carbocycles. The van der Waals surface area contributed by atoms with Gasteiger partial charge in [0.1, 0.15) is 5.58 Å². The highest BCUT2D eigenvalue weighted by molar-refractivity contribution is 7.89. The summed E-state index contributed by atoms with van der Waals surface area (Å²) in [6.45, 7) is 2.80. The number of likely N-dealkylation sites (N-methyl/N-ethyl adjacent to an activating group) is 1. The van der Waals surface area contributed by atoms with Crippen LogP contribution >= 0.6 is 22.9 Å². The van der Waals surface area contributed by atoms with Crippen LogP contribution < -0.4 is 0 Å². The highest BCUT2D eigenvalue weighted by Gasteiger charge is 2.34. The van der Waals surface area contributed by atoms with Gasteiger partial charge in [-0.1, -0.05) is 11.6 Å². The molecule has 2 aliphatic heterocycles. The molecule has 0 aliphatic carbocycles. The number of hydrogen-bond acceptors (Lipinski definition) is 7. The maximum Gasteiger partial charge on any atom is 0.282 e. The number of carbonyl (C=O) groups is 1. The van der Waals surface area contributed by atoms with Gasteiger partial charge >= 0.3 is 0 Å². The van der Waals surface area contributed by atoms with Gasteiger partial charge in [-0.25, -0.2) is 13.4 Å². The molecule has 11 heteroatoms. The van der Waals surface area contributed by atoms with Gasteiger partial charge in [0.15, 0.2) is 5.01 Å². The quantitative estimate of drug-likeness (QED) is 0.572. The number of amides is 1. The van der Waals surface area contributed by atoms with Crippen LogP contribution in [0.15, 0.2) is 33.8 Å². The Hall–Kier alpha value is -1.98. The SMILES string of the molecule is CN1CCc2nc(C(=O)N3CCN(S(=O)(=O)c4cc5ccc(Cl)cc5o4)CC3)sc2C1. The second-order valence-corrected chi connectivity index (χ2v) is 11.2. The summed E-state index contributed by atoms with van der Waals surface area (Å²) in [6.07, 6.45) is 0.852. The fourth-order valence-electron chi connectivity index (χ4n) is 3.92. The summed E-state index contributed by atoms with van der Waals surface area (Å²) in [6, 6.07) is 6.52. The minimum atomic E-state index is -3.79. The van der Waals surface area contributed by atoms with Crippen LogP contribution in [0.25, 0.3) is 11.0 Å². The molecule has 1 amide bonds. The molecule has 4 heterocycles. The van der Waals surface area contributed by atoms with E-state index in [0.29, 0.717) is 34.1 Å². The third-order valence-corrected chi connectivity index (χ3v) is 8.74. The highest BCUT2D eigenvalue weighted by atomic mass is 35.5. The molecular weight excluding hydrogens is 460 g/mol. The minimum absolute atomic E-state index is 0.110. The number of halogens is 1. The van der Waals surface area contributed by atoms with Crippen molar-refractivity contribution in [3.8, 4) is 0 Å². The maximum absolute atomic E-state index is 13.0. The van der Waals surface area contributed by atoms with Crippen LogP contribution in [-0.2, 0) is 23.0 Å². The van der Waals surface area contributed by atoms with Crippen molar-refractivity contribution in [3.63, 3.8) is 0 Å². The summed E-state index contributed by atoms with van der Waals surface area (Å²) in [5, 5.41) is 1.54. The smallest absolute Gasteiger partial charge is 0.282 e. The van der Waals surface area contributed by atoms with E-state index in [1.54, 1.807) is 23.1 Å². The number of fused-ring (bicyclic) bond motifs is 2. The van der Waals surface area contributed by atoms with E-state index in [-0.39, 0.29) is 24.1 Å². The number of thiazole rings is 1. The normalized spacial score (nSPS) is 18.5. The van der Waals surface area contributed by atoms with E-state index in [2.05, 4.69) is 16.9 Å². The van der Waals surface area contributed by atoms with Gasteiger partial charge in [-0.3, -0.25) is 4.79 Å². The third kappa shape index (κ3) is 3.87.